The van der Waals surface area contributed by atoms with Gasteiger partial charge in [0, 0.05) is 17.2 Å². The van der Waals surface area contributed by atoms with E-state index in [2.05, 4.69) is 4.72 Å². The van der Waals surface area contributed by atoms with Gasteiger partial charge in [0.2, 0.25) is 10.0 Å². The van der Waals surface area contributed by atoms with Crippen LogP contribution in [-0.2, 0) is 16.2 Å². The van der Waals surface area contributed by atoms with Crippen molar-refractivity contribution in [2.24, 2.45) is 0 Å². The SMILES string of the molecule is COc1ccc2cc(C(F)(F)F)ccc2c1-c1c(S(=O)(=O)NC(C)C)ccc2ccccc12. The third-order valence-electron chi connectivity index (χ3n) is 5.35. The van der Waals surface area contributed by atoms with Crippen molar-refractivity contribution in [1.29, 1.82) is 0 Å². The van der Waals surface area contributed by atoms with Gasteiger partial charge in [-0.2, -0.15) is 13.2 Å². The summed E-state index contributed by atoms with van der Waals surface area (Å²) < 4.78 is 74.7. The minimum atomic E-state index is -4.50. The zero-order chi connectivity index (χ0) is 24.0. The molecule has 0 bridgehead atoms. The molecule has 0 aliphatic carbocycles. The van der Waals surface area contributed by atoms with E-state index in [0.29, 0.717) is 33.0 Å². The van der Waals surface area contributed by atoms with Gasteiger partial charge in [-0.15, -0.1) is 0 Å². The number of nitrogens with one attached hydrogen (secondary N) is 1. The average Bonchev–Trinajstić information content (AvgIpc) is 2.75. The van der Waals surface area contributed by atoms with E-state index in [4.69, 9.17) is 4.74 Å². The molecule has 0 amide bonds. The molecule has 0 spiro atoms. The first-order valence-corrected chi connectivity index (χ1v) is 11.7. The Morgan fingerprint density at radius 1 is 0.848 bits per heavy atom. The maximum Gasteiger partial charge on any atom is 0.416 e. The molecule has 0 unspecified atom stereocenters. The van der Waals surface area contributed by atoms with Crippen LogP contribution in [0.3, 0.4) is 0 Å². The molecule has 0 heterocycles. The number of hydrogen-bond donors (Lipinski definition) is 1. The van der Waals surface area contributed by atoms with Crippen molar-refractivity contribution in [2.75, 3.05) is 7.11 Å². The van der Waals surface area contributed by atoms with E-state index in [0.717, 1.165) is 17.5 Å². The van der Waals surface area contributed by atoms with Crippen LogP contribution in [0.15, 0.2) is 71.6 Å². The number of sulfonamides is 1. The van der Waals surface area contributed by atoms with Gasteiger partial charge in [-0.1, -0.05) is 42.5 Å². The van der Waals surface area contributed by atoms with Crippen molar-refractivity contribution in [3.8, 4) is 16.9 Å². The summed E-state index contributed by atoms with van der Waals surface area (Å²) in [5.41, 5.74) is 0.0199. The molecule has 0 aliphatic heterocycles. The van der Waals surface area contributed by atoms with Gasteiger partial charge in [0.1, 0.15) is 5.75 Å². The van der Waals surface area contributed by atoms with Gasteiger partial charge in [-0.25, -0.2) is 13.1 Å². The van der Waals surface area contributed by atoms with Gasteiger partial charge < -0.3 is 4.74 Å². The van der Waals surface area contributed by atoms with Crippen LogP contribution in [0, 0.1) is 0 Å². The first-order chi connectivity index (χ1) is 15.5. The van der Waals surface area contributed by atoms with Crippen molar-refractivity contribution in [1.82, 2.24) is 4.72 Å². The number of alkyl halides is 3. The van der Waals surface area contributed by atoms with E-state index < -0.39 is 21.8 Å². The maximum absolute atomic E-state index is 13.3. The second-order valence-electron chi connectivity index (χ2n) is 8.01. The Labute approximate surface area is 190 Å². The maximum atomic E-state index is 13.3. The van der Waals surface area contributed by atoms with Gasteiger partial charge in [0.15, 0.2) is 0 Å². The van der Waals surface area contributed by atoms with Crippen molar-refractivity contribution >= 4 is 31.6 Å². The molecule has 4 rings (SSSR count). The Balaban J connectivity index is 2.16. The number of hydrogen-bond acceptors (Lipinski definition) is 3. The van der Waals surface area contributed by atoms with E-state index >= 15 is 0 Å². The summed E-state index contributed by atoms with van der Waals surface area (Å²) in [7, 11) is -2.50. The molecule has 172 valence electrons. The van der Waals surface area contributed by atoms with Crippen molar-refractivity contribution in [3.63, 3.8) is 0 Å². The molecule has 1 N–H and O–H groups in total. The Hall–Kier alpha value is -3.10. The zero-order valence-electron chi connectivity index (χ0n) is 18.2. The molecule has 0 saturated heterocycles. The van der Waals surface area contributed by atoms with Crippen LogP contribution < -0.4 is 9.46 Å². The molecular weight excluding hydrogens is 451 g/mol. The molecule has 8 heteroatoms. The monoisotopic (exact) mass is 473 g/mol. The molecule has 0 aromatic heterocycles. The second-order valence-corrected chi connectivity index (χ2v) is 9.69. The first kappa shape index (κ1) is 23.1. The standard InChI is InChI=1S/C25H22F3NO3S/c1-15(2)29-33(30,31)22-13-9-16-6-4-5-7-19(16)24(22)23-20-11-10-18(25(26,27)28)14-17(20)8-12-21(23)32-3/h4-15,29H,1-3H3. The molecule has 0 saturated carbocycles. The predicted octanol–water partition coefficient (Wildman–Crippen LogP) is 6.37. The second kappa shape index (κ2) is 8.35. The summed E-state index contributed by atoms with van der Waals surface area (Å²) in [4.78, 5) is 0.0283. The number of halogens is 3. The smallest absolute Gasteiger partial charge is 0.416 e. The average molecular weight is 474 g/mol. The summed E-state index contributed by atoms with van der Waals surface area (Å²) >= 11 is 0. The van der Waals surface area contributed by atoms with Crippen LogP contribution in [0.1, 0.15) is 19.4 Å². The fourth-order valence-corrected chi connectivity index (χ4v) is 5.50. The van der Waals surface area contributed by atoms with Crippen molar-refractivity contribution in [2.45, 2.75) is 31.0 Å². The quantitative estimate of drug-likeness (QED) is 0.366. The molecular formula is C25H22F3NO3S. The summed E-state index contributed by atoms with van der Waals surface area (Å²) in [5, 5.41) is 2.23. The molecule has 4 aromatic carbocycles. The summed E-state index contributed by atoms with van der Waals surface area (Å²) in [6, 6.07) is 16.7. The van der Waals surface area contributed by atoms with Crippen LogP contribution in [-0.4, -0.2) is 21.6 Å². The largest absolute Gasteiger partial charge is 0.496 e. The third kappa shape index (κ3) is 4.28. The molecule has 0 atom stereocenters. The minimum Gasteiger partial charge on any atom is -0.496 e. The molecule has 0 radical (unpaired) electrons. The van der Waals surface area contributed by atoms with Gasteiger partial charge >= 0.3 is 6.18 Å². The van der Waals surface area contributed by atoms with Crippen LogP contribution in [0.5, 0.6) is 5.75 Å². The van der Waals surface area contributed by atoms with Gasteiger partial charge in [0.25, 0.3) is 0 Å². The molecule has 0 fully saturated rings. The van der Waals surface area contributed by atoms with Crippen LogP contribution in [0.2, 0.25) is 0 Å². The number of methoxy groups -OCH3 is 1. The highest BCUT2D eigenvalue weighted by atomic mass is 32.2. The van der Waals surface area contributed by atoms with E-state index in [1.54, 1.807) is 44.2 Å². The Morgan fingerprint density at radius 3 is 2.18 bits per heavy atom. The van der Waals surface area contributed by atoms with Gasteiger partial charge in [-0.05, 0) is 59.7 Å². The van der Waals surface area contributed by atoms with Gasteiger partial charge in [-0.3, -0.25) is 0 Å². The highest BCUT2D eigenvalue weighted by Crippen LogP contribution is 2.44. The van der Waals surface area contributed by atoms with E-state index in [1.807, 2.05) is 12.1 Å². The lowest BCUT2D eigenvalue weighted by Crippen LogP contribution is -2.30. The fraction of sp³-hybridized carbons (Fsp3) is 0.200. The lowest BCUT2D eigenvalue weighted by molar-refractivity contribution is -0.137. The minimum absolute atomic E-state index is 0.0283. The number of ether oxygens (including phenoxy) is 1. The molecule has 4 aromatic rings. The van der Waals surface area contributed by atoms with E-state index in [9.17, 15) is 21.6 Å². The topological polar surface area (TPSA) is 55.4 Å². The predicted molar refractivity (Wildman–Crippen MR) is 124 cm³/mol. The van der Waals surface area contributed by atoms with Crippen molar-refractivity contribution in [3.05, 3.63) is 72.3 Å². The van der Waals surface area contributed by atoms with Gasteiger partial charge in [0.05, 0.1) is 17.6 Å². The lowest BCUT2D eigenvalue weighted by Gasteiger charge is -2.20. The highest BCUT2D eigenvalue weighted by molar-refractivity contribution is 7.89. The summed E-state index contributed by atoms with van der Waals surface area (Å²) in [6.45, 7) is 3.44. The number of benzene rings is 4. The lowest BCUT2D eigenvalue weighted by atomic mass is 9.92. The fourth-order valence-electron chi connectivity index (χ4n) is 4.02. The number of rotatable bonds is 5. The van der Waals surface area contributed by atoms with Crippen molar-refractivity contribution < 1.29 is 26.3 Å². The molecule has 0 aliphatic rings. The van der Waals surface area contributed by atoms with E-state index in [1.165, 1.54) is 19.2 Å². The first-order valence-electron chi connectivity index (χ1n) is 10.3. The Morgan fingerprint density at radius 2 is 1.52 bits per heavy atom. The van der Waals surface area contributed by atoms with Crippen LogP contribution in [0.4, 0.5) is 13.2 Å². The zero-order valence-corrected chi connectivity index (χ0v) is 19.0. The van der Waals surface area contributed by atoms with Crippen LogP contribution >= 0.6 is 0 Å². The molecule has 33 heavy (non-hydrogen) atoms. The summed E-state index contributed by atoms with van der Waals surface area (Å²) in [6.07, 6.45) is -4.50. The number of fused-ring (bicyclic) bond motifs is 2. The normalized spacial score (nSPS) is 12.6. The Kier molecular flexibility index (Phi) is 5.84. The third-order valence-corrected chi connectivity index (χ3v) is 7.05. The highest BCUT2D eigenvalue weighted by Gasteiger charge is 2.31. The Bertz CT molecular complexity index is 1460. The van der Waals surface area contributed by atoms with Crippen LogP contribution in [0.25, 0.3) is 32.7 Å². The van der Waals surface area contributed by atoms with E-state index in [-0.39, 0.29) is 10.9 Å². The summed E-state index contributed by atoms with van der Waals surface area (Å²) in [5.74, 6) is 0.361. The molecule has 4 nitrogen and oxygen atoms in total.